The molecule has 0 atom stereocenters. The molecule has 0 spiro atoms. The number of carbonyl (C=O) groups excluding carboxylic acids is 1. The highest BCUT2D eigenvalue weighted by Crippen LogP contribution is 2.26. The Morgan fingerprint density at radius 3 is 2.52 bits per heavy atom. The molecule has 0 saturated carbocycles. The Bertz CT molecular complexity index is 683. The van der Waals surface area contributed by atoms with Gasteiger partial charge in [0, 0.05) is 29.9 Å². The molecule has 0 heterocycles. The van der Waals surface area contributed by atoms with Crippen LogP contribution >= 0.6 is 15.9 Å². The molecule has 0 aliphatic heterocycles. The van der Waals surface area contributed by atoms with Crippen molar-refractivity contribution in [3.63, 3.8) is 0 Å². The van der Waals surface area contributed by atoms with Crippen molar-refractivity contribution in [3.8, 4) is 0 Å². The summed E-state index contributed by atoms with van der Waals surface area (Å²) in [5.41, 5.74) is 9.59. The first-order chi connectivity index (χ1) is 9.88. The summed E-state index contributed by atoms with van der Waals surface area (Å²) in [5, 5.41) is 2.91. The Kier molecular flexibility index (Phi) is 4.53. The molecule has 110 valence electrons. The van der Waals surface area contributed by atoms with Gasteiger partial charge in [0.25, 0.3) is 5.91 Å². The van der Waals surface area contributed by atoms with Crippen molar-refractivity contribution in [2.45, 2.75) is 6.92 Å². The van der Waals surface area contributed by atoms with E-state index in [-0.39, 0.29) is 5.91 Å². The number of carbonyl (C=O) groups is 1. The number of amides is 1. The molecular formula is C16H18BrN3O. The molecule has 2 rings (SSSR count). The van der Waals surface area contributed by atoms with Crippen LogP contribution in [-0.4, -0.2) is 20.0 Å². The number of anilines is 3. The first-order valence-corrected chi connectivity index (χ1v) is 7.32. The van der Waals surface area contributed by atoms with Crippen LogP contribution in [0.25, 0.3) is 0 Å². The largest absolute Gasteiger partial charge is 0.399 e. The molecular weight excluding hydrogens is 330 g/mol. The Hall–Kier alpha value is -2.01. The lowest BCUT2D eigenvalue weighted by Crippen LogP contribution is -2.19. The summed E-state index contributed by atoms with van der Waals surface area (Å²) < 4.78 is 0.853. The maximum atomic E-state index is 12.5. The molecule has 21 heavy (non-hydrogen) atoms. The summed E-state index contributed by atoms with van der Waals surface area (Å²) >= 11 is 3.46. The van der Waals surface area contributed by atoms with E-state index >= 15 is 0 Å². The van der Waals surface area contributed by atoms with Gasteiger partial charge in [0.1, 0.15) is 0 Å². The van der Waals surface area contributed by atoms with Gasteiger partial charge in [0.15, 0.2) is 0 Å². The first kappa shape index (κ1) is 15.4. The second kappa shape index (κ2) is 6.18. The molecule has 0 bridgehead atoms. The van der Waals surface area contributed by atoms with Crippen LogP contribution in [0.15, 0.2) is 40.9 Å². The summed E-state index contributed by atoms with van der Waals surface area (Å²) in [6, 6.07) is 11.1. The van der Waals surface area contributed by atoms with Gasteiger partial charge in [-0.3, -0.25) is 4.79 Å². The molecule has 0 radical (unpaired) electrons. The Balaban J connectivity index is 2.34. The number of aryl methyl sites for hydroxylation is 1. The van der Waals surface area contributed by atoms with E-state index in [0.29, 0.717) is 11.3 Å². The van der Waals surface area contributed by atoms with Gasteiger partial charge in [0.2, 0.25) is 0 Å². The normalized spacial score (nSPS) is 10.3. The molecule has 3 N–H and O–H groups in total. The number of nitrogens with one attached hydrogen (secondary N) is 1. The van der Waals surface area contributed by atoms with Crippen molar-refractivity contribution in [1.82, 2.24) is 0 Å². The standard InChI is InChI=1S/C16H18BrN3O/c1-10-4-6-14(13(17)8-10)19-16(21)12-9-11(18)5-7-15(12)20(2)3/h4-9H,18H2,1-3H3,(H,19,21). The van der Waals surface area contributed by atoms with E-state index < -0.39 is 0 Å². The van der Waals surface area contributed by atoms with E-state index in [2.05, 4.69) is 21.2 Å². The van der Waals surface area contributed by atoms with E-state index in [1.54, 1.807) is 12.1 Å². The highest BCUT2D eigenvalue weighted by Gasteiger charge is 2.14. The van der Waals surface area contributed by atoms with Crippen molar-refractivity contribution in [2.75, 3.05) is 30.0 Å². The minimum Gasteiger partial charge on any atom is -0.399 e. The molecule has 0 aliphatic carbocycles. The van der Waals surface area contributed by atoms with E-state index in [4.69, 9.17) is 5.73 Å². The zero-order valence-electron chi connectivity index (χ0n) is 12.3. The van der Waals surface area contributed by atoms with Gasteiger partial charge in [-0.15, -0.1) is 0 Å². The number of hydrogen-bond donors (Lipinski definition) is 2. The number of nitrogens with two attached hydrogens (primary N) is 1. The van der Waals surface area contributed by atoms with Crippen LogP contribution in [0.5, 0.6) is 0 Å². The number of nitrogens with zero attached hydrogens (tertiary/aromatic N) is 1. The highest BCUT2D eigenvalue weighted by atomic mass is 79.9. The lowest BCUT2D eigenvalue weighted by Gasteiger charge is -2.18. The molecule has 2 aromatic rings. The zero-order valence-corrected chi connectivity index (χ0v) is 13.9. The fraction of sp³-hybridized carbons (Fsp3) is 0.188. The predicted molar refractivity (Wildman–Crippen MR) is 92.0 cm³/mol. The van der Waals surface area contributed by atoms with Crippen LogP contribution in [0.1, 0.15) is 15.9 Å². The SMILES string of the molecule is Cc1ccc(NC(=O)c2cc(N)ccc2N(C)C)c(Br)c1. The molecule has 2 aromatic carbocycles. The maximum Gasteiger partial charge on any atom is 0.257 e. The van der Waals surface area contributed by atoms with Crippen molar-refractivity contribution < 1.29 is 4.79 Å². The van der Waals surface area contributed by atoms with E-state index in [1.807, 2.05) is 50.2 Å². The Morgan fingerprint density at radius 1 is 1.19 bits per heavy atom. The van der Waals surface area contributed by atoms with Crippen molar-refractivity contribution in [1.29, 1.82) is 0 Å². The monoisotopic (exact) mass is 347 g/mol. The summed E-state index contributed by atoms with van der Waals surface area (Å²) in [4.78, 5) is 14.4. The molecule has 1 amide bonds. The summed E-state index contributed by atoms with van der Waals surface area (Å²) in [6.07, 6.45) is 0. The number of benzene rings is 2. The predicted octanol–water partition coefficient (Wildman–Crippen LogP) is 3.66. The molecule has 5 heteroatoms. The second-order valence-electron chi connectivity index (χ2n) is 5.11. The van der Waals surface area contributed by atoms with Gasteiger partial charge < -0.3 is 16.0 Å². The third-order valence-electron chi connectivity index (χ3n) is 3.12. The molecule has 4 nitrogen and oxygen atoms in total. The van der Waals surface area contributed by atoms with E-state index in [0.717, 1.165) is 21.4 Å². The lowest BCUT2D eigenvalue weighted by atomic mass is 10.1. The van der Waals surface area contributed by atoms with Gasteiger partial charge >= 0.3 is 0 Å². The summed E-state index contributed by atoms with van der Waals surface area (Å²) in [7, 11) is 3.79. The van der Waals surface area contributed by atoms with Crippen LogP contribution in [0.4, 0.5) is 17.1 Å². The van der Waals surface area contributed by atoms with Gasteiger partial charge in [0.05, 0.1) is 11.3 Å². The maximum absolute atomic E-state index is 12.5. The molecule has 0 aromatic heterocycles. The zero-order chi connectivity index (χ0) is 15.6. The minimum atomic E-state index is -0.185. The third-order valence-corrected chi connectivity index (χ3v) is 3.78. The fourth-order valence-electron chi connectivity index (χ4n) is 2.04. The second-order valence-corrected chi connectivity index (χ2v) is 5.96. The van der Waals surface area contributed by atoms with E-state index in [1.165, 1.54) is 0 Å². The highest BCUT2D eigenvalue weighted by molar-refractivity contribution is 9.10. The van der Waals surface area contributed by atoms with Crippen LogP contribution in [-0.2, 0) is 0 Å². The Labute approximate surface area is 133 Å². The number of nitrogen functional groups attached to an aromatic ring is 1. The molecule has 0 fully saturated rings. The average Bonchev–Trinajstić information content (AvgIpc) is 2.41. The van der Waals surface area contributed by atoms with Crippen LogP contribution in [0.2, 0.25) is 0 Å². The van der Waals surface area contributed by atoms with Gasteiger partial charge in [-0.2, -0.15) is 0 Å². The third kappa shape index (κ3) is 3.55. The van der Waals surface area contributed by atoms with Gasteiger partial charge in [-0.25, -0.2) is 0 Å². The van der Waals surface area contributed by atoms with Crippen molar-refractivity contribution in [3.05, 3.63) is 52.0 Å². The average molecular weight is 348 g/mol. The number of hydrogen-bond acceptors (Lipinski definition) is 3. The van der Waals surface area contributed by atoms with Crippen molar-refractivity contribution >= 4 is 38.9 Å². The van der Waals surface area contributed by atoms with Crippen LogP contribution < -0.4 is 16.0 Å². The van der Waals surface area contributed by atoms with Gasteiger partial charge in [-0.1, -0.05) is 6.07 Å². The van der Waals surface area contributed by atoms with E-state index in [9.17, 15) is 4.79 Å². The lowest BCUT2D eigenvalue weighted by molar-refractivity contribution is 0.102. The molecule has 0 unspecified atom stereocenters. The number of rotatable bonds is 3. The minimum absolute atomic E-state index is 0.185. The molecule has 0 saturated heterocycles. The van der Waals surface area contributed by atoms with Crippen LogP contribution in [0.3, 0.4) is 0 Å². The Morgan fingerprint density at radius 2 is 1.90 bits per heavy atom. The topological polar surface area (TPSA) is 58.4 Å². The number of halogens is 1. The summed E-state index contributed by atoms with van der Waals surface area (Å²) in [5.74, 6) is -0.185. The summed E-state index contributed by atoms with van der Waals surface area (Å²) in [6.45, 7) is 2.00. The fourth-order valence-corrected chi connectivity index (χ4v) is 2.63. The smallest absolute Gasteiger partial charge is 0.257 e. The van der Waals surface area contributed by atoms with Crippen molar-refractivity contribution in [2.24, 2.45) is 0 Å². The quantitative estimate of drug-likeness (QED) is 0.833. The van der Waals surface area contributed by atoms with Gasteiger partial charge in [-0.05, 0) is 58.7 Å². The van der Waals surface area contributed by atoms with Crippen LogP contribution in [0, 0.1) is 6.92 Å². The molecule has 0 aliphatic rings. The first-order valence-electron chi connectivity index (χ1n) is 6.53.